The lowest BCUT2D eigenvalue weighted by atomic mass is 9.90. The van der Waals surface area contributed by atoms with E-state index in [1.54, 1.807) is 13.1 Å². The van der Waals surface area contributed by atoms with Gasteiger partial charge in [0.2, 0.25) is 0 Å². The first-order valence-electron chi connectivity index (χ1n) is 9.83. The molecule has 0 bridgehead atoms. The molecule has 3 aromatic rings. The molecule has 2 amide bonds. The maximum atomic E-state index is 12.9. The summed E-state index contributed by atoms with van der Waals surface area (Å²) in [5.41, 5.74) is 4.12. The third-order valence-corrected chi connectivity index (χ3v) is 5.62. The van der Waals surface area contributed by atoms with E-state index >= 15 is 0 Å². The second-order valence-corrected chi connectivity index (χ2v) is 7.52. The zero-order chi connectivity index (χ0) is 20.5. The van der Waals surface area contributed by atoms with Crippen molar-refractivity contribution in [2.75, 3.05) is 20.1 Å². The largest absolute Gasteiger partial charge is 0.355 e. The summed E-state index contributed by atoms with van der Waals surface area (Å²) >= 11 is 0. The van der Waals surface area contributed by atoms with Gasteiger partial charge in [0.15, 0.2) is 0 Å². The minimum atomic E-state index is -0.183. The van der Waals surface area contributed by atoms with Crippen molar-refractivity contribution < 1.29 is 14.1 Å². The van der Waals surface area contributed by atoms with E-state index in [1.165, 1.54) is 0 Å². The Balaban J connectivity index is 1.58. The average molecular weight is 392 g/mol. The Labute approximate surface area is 169 Å². The molecule has 1 aromatic carbocycles. The van der Waals surface area contributed by atoms with Gasteiger partial charge in [-0.2, -0.15) is 0 Å². The molecule has 150 valence electrons. The number of nitrogens with zero attached hydrogens (tertiary/aromatic N) is 3. The Morgan fingerprint density at radius 2 is 1.86 bits per heavy atom. The highest BCUT2D eigenvalue weighted by Gasteiger charge is 2.30. The van der Waals surface area contributed by atoms with Crippen LogP contribution in [0.3, 0.4) is 0 Å². The molecule has 0 radical (unpaired) electrons. The van der Waals surface area contributed by atoms with Gasteiger partial charge in [0.1, 0.15) is 0 Å². The second kappa shape index (κ2) is 7.66. The smallest absolute Gasteiger partial charge is 0.259 e. The third kappa shape index (κ3) is 3.48. The predicted molar refractivity (Wildman–Crippen MR) is 109 cm³/mol. The molecule has 0 atom stereocenters. The minimum absolute atomic E-state index is 0.0647. The Morgan fingerprint density at radius 1 is 1.14 bits per heavy atom. The van der Waals surface area contributed by atoms with Crippen LogP contribution in [0.2, 0.25) is 0 Å². The van der Waals surface area contributed by atoms with Crippen molar-refractivity contribution in [3.63, 3.8) is 0 Å². The molecule has 0 aliphatic carbocycles. The van der Waals surface area contributed by atoms with Gasteiger partial charge in [-0.05, 0) is 44.4 Å². The van der Waals surface area contributed by atoms with Crippen LogP contribution < -0.4 is 5.32 Å². The van der Waals surface area contributed by atoms with Crippen molar-refractivity contribution >= 4 is 22.9 Å². The van der Waals surface area contributed by atoms with Crippen molar-refractivity contribution in [1.29, 1.82) is 0 Å². The predicted octanol–water partition coefficient (Wildman–Crippen LogP) is 3.22. The number of likely N-dealkylation sites (tertiary alicyclic amines) is 1. The molecule has 0 saturated carbocycles. The van der Waals surface area contributed by atoms with Crippen LogP contribution in [0.4, 0.5) is 0 Å². The summed E-state index contributed by atoms with van der Waals surface area (Å²) in [5, 5.41) is 7.61. The molecule has 1 aliphatic heterocycles. The Kier molecular flexibility index (Phi) is 5.05. The molecule has 7 heteroatoms. The average Bonchev–Trinajstić information content (AvgIpc) is 3.16. The molecular weight excluding hydrogens is 368 g/mol. The number of hydrogen-bond acceptors (Lipinski definition) is 5. The normalized spacial score (nSPS) is 14.9. The van der Waals surface area contributed by atoms with Gasteiger partial charge in [0.05, 0.1) is 16.6 Å². The molecule has 1 saturated heterocycles. The van der Waals surface area contributed by atoms with Crippen LogP contribution in [0.5, 0.6) is 0 Å². The molecule has 29 heavy (non-hydrogen) atoms. The zero-order valence-electron chi connectivity index (χ0n) is 16.9. The highest BCUT2D eigenvalue weighted by atomic mass is 16.5. The van der Waals surface area contributed by atoms with Crippen LogP contribution >= 0.6 is 0 Å². The third-order valence-electron chi connectivity index (χ3n) is 5.62. The van der Waals surface area contributed by atoms with E-state index in [0.717, 1.165) is 29.7 Å². The molecule has 1 fully saturated rings. The highest BCUT2D eigenvalue weighted by Crippen LogP contribution is 2.34. The monoisotopic (exact) mass is 392 g/mol. The summed E-state index contributed by atoms with van der Waals surface area (Å²) in [6, 6.07) is 9.42. The van der Waals surface area contributed by atoms with Crippen LogP contribution in [0.25, 0.3) is 11.1 Å². The number of amides is 2. The fourth-order valence-electron chi connectivity index (χ4n) is 4.03. The molecule has 2 aromatic heterocycles. The molecule has 0 spiro atoms. The number of carbonyl (C=O) groups excluding carboxylic acids is 2. The number of aromatic nitrogens is 2. The maximum Gasteiger partial charge on any atom is 0.259 e. The number of carbonyl (C=O) groups is 2. The Bertz CT molecular complexity index is 1080. The first-order chi connectivity index (χ1) is 14.0. The van der Waals surface area contributed by atoms with Crippen LogP contribution in [-0.4, -0.2) is 47.0 Å². The number of aryl methyl sites for hydroxylation is 2. The van der Waals surface area contributed by atoms with Crippen molar-refractivity contribution in [2.45, 2.75) is 32.6 Å². The van der Waals surface area contributed by atoms with Crippen molar-refractivity contribution in [2.24, 2.45) is 0 Å². The van der Waals surface area contributed by atoms with Crippen LogP contribution in [0.1, 0.15) is 56.4 Å². The van der Waals surface area contributed by atoms with E-state index in [4.69, 9.17) is 4.52 Å². The van der Waals surface area contributed by atoms with E-state index in [0.29, 0.717) is 35.4 Å². The van der Waals surface area contributed by atoms with Gasteiger partial charge < -0.3 is 14.7 Å². The highest BCUT2D eigenvalue weighted by molar-refractivity contribution is 6.06. The number of piperidine rings is 1. The standard InChI is InChI=1S/C22H24N4O3/c1-13-6-4-5-7-16(13)22(28)26-10-8-15(9-11-26)19-18-17(20(27)23-3)12-14(2)24-21(18)29-25-19/h4-7,12,15H,8-11H2,1-3H3,(H,23,27). The van der Waals surface area contributed by atoms with Gasteiger partial charge >= 0.3 is 0 Å². The van der Waals surface area contributed by atoms with Crippen molar-refractivity contribution in [3.8, 4) is 0 Å². The molecule has 3 heterocycles. The number of pyridine rings is 1. The van der Waals surface area contributed by atoms with Gasteiger partial charge in [-0.25, -0.2) is 4.98 Å². The zero-order valence-corrected chi connectivity index (χ0v) is 16.9. The first-order valence-corrected chi connectivity index (χ1v) is 9.83. The lowest BCUT2D eigenvalue weighted by molar-refractivity contribution is 0.0711. The fraction of sp³-hybridized carbons (Fsp3) is 0.364. The van der Waals surface area contributed by atoms with Gasteiger partial charge in [0.25, 0.3) is 17.5 Å². The van der Waals surface area contributed by atoms with Crippen LogP contribution in [0, 0.1) is 13.8 Å². The second-order valence-electron chi connectivity index (χ2n) is 7.52. The molecular formula is C22H24N4O3. The Hall–Kier alpha value is -3.22. The van der Waals surface area contributed by atoms with Gasteiger partial charge in [-0.3, -0.25) is 9.59 Å². The number of fused-ring (bicyclic) bond motifs is 1. The summed E-state index contributed by atoms with van der Waals surface area (Å²) < 4.78 is 5.46. The lowest BCUT2D eigenvalue weighted by Crippen LogP contribution is -2.38. The van der Waals surface area contributed by atoms with E-state index < -0.39 is 0 Å². The molecule has 1 N–H and O–H groups in total. The summed E-state index contributed by atoms with van der Waals surface area (Å²) in [5.74, 6) is -0.00268. The number of benzene rings is 1. The number of hydrogen-bond donors (Lipinski definition) is 1. The molecule has 0 unspecified atom stereocenters. The summed E-state index contributed by atoms with van der Waals surface area (Å²) in [7, 11) is 1.60. The van der Waals surface area contributed by atoms with E-state index in [1.807, 2.05) is 43.0 Å². The topological polar surface area (TPSA) is 88.3 Å². The van der Waals surface area contributed by atoms with Gasteiger partial charge in [-0.15, -0.1) is 0 Å². The van der Waals surface area contributed by atoms with E-state index in [9.17, 15) is 9.59 Å². The Morgan fingerprint density at radius 3 is 2.55 bits per heavy atom. The lowest BCUT2D eigenvalue weighted by Gasteiger charge is -2.31. The number of nitrogens with one attached hydrogen (secondary N) is 1. The van der Waals surface area contributed by atoms with Gasteiger partial charge in [-0.1, -0.05) is 23.4 Å². The van der Waals surface area contributed by atoms with Crippen molar-refractivity contribution in [1.82, 2.24) is 20.4 Å². The van der Waals surface area contributed by atoms with E-state index in [-0.39, 0.29) is 17.7 Å². The SMILES string of the molecule is CNC(=O)c1cc(C)nc2onc(C3CCN(C(=O)c4ccccc4C)CC3)c12. The summed E-state index contributed by atoms with van der Waals surface area (Å²) in [6.07, 6.45) is 1.53. The quantitative estimate of drug-likeness (QED) is 0.739. The number of rotatable bonds is 3. The van der Waals surface area contributed by atoms with Crippen molar-refractivity contribution in [3.05, 3.63) is 58.4 Å². The molecule has 1 aliphatic rings. The van der Waals surface area contributed by atoms with Gasteiger partial charge in [0, 0.05) is 37.3 Å². The molecule has 4 rings (SSSR count). The minimum Gasteiger partial charge on any atom is -0.355 e. The van der Waals surface area contributed by atoms with E-state index in [2.05, 4.69) is 15.5 Å². The molecule has 7 nitrogen and oxygen atoms in total. The maximum absolute atomic E-state index is 12.9. The summed E-state index contributed by atoms with van der Waals surface area (Å²) in [4.78, 5) is 31.5. The first kappa shape index (κ1) is 19.1. The fourth-order valence-corrected chi connectivity index (χ4v) is 4.03. The van der Waals surface area contributed by atoms with Crippen LogP contribution in [-0.2, 0) is 0 Å². The summed E-state index contributed by atoms with van der Waals surface area (Å²) in [6.45, 7) is 5.06. The van der Waals surface area contributed by atoms with Crippen LogP contribution in [0.15, 0.2) is 34.9 Å².